The maximum atomic E-state index is 12.9. The molecular formula is C20H20N6O4. The number of fused-ring (bicyclic) bond motifs is 2. The van der Waals surface area contributed by atoms with Gasteiger partial charge >= 0.3 is 0 Å². The van der Waals surface area contributed by atoms with Crippen molar-refractivity contribution in [2.24, 2.45) is 0 Å². The number of carbonyl (C=O) groups excluding carboxylic acids is 4. The molecule has 3 aliphatic rings. The van der Waals surface area contributed by atoms with Gasteiger partial charge in [0.25, 0.3) is 11.8 Å². The van der Waals surface area contributed by atoms with Crippen LogP contribution in [0.4, 0.5) is 5.69 Å². The summed E-state index contributed by atoms with van der Waals surface area (Å²) < 4.78 is 1.93. The fourth-order valence-electron chi connectivity index (χ4n) is 4.22. The maximum Gasteiger partial charge on any atom is 0.262 e. The van der Waals surface area contributed by atoms with Crippen molar-refractivity contribution in [3.05, 3.63) is 47.3 Å². The summed E-state index contributed by atoms with van der Waals surface area (Å²) >= 11 is 0. The van der Waals surface area contributed by atoms with Crippen molar-refractivity contribution in [1.29, 1.82) is 0 Å². The van der Waals surface area contributed by atoms with Crippen LogP contribution in [0.15, 0.2) is 30.5 Å². The summed E-state index contributed by atoms with van der Waals surface area (Å²) in [4.78, 5) is 50.3. The Morgan fingerprint density at radius 3 is 2.73 bits per heavy atom. The van der Waals surface area contributed by atoms with Crippen LogP contribution in [-0.2, 0) is 22.7 Å². The molecule has 2 unspecified atom stereocenters. The quantitative estimate of drug-likeness (QED) is 0.604. The number of carbonyl (C=O) groups is 4. The Morgan fingerprint density at radius 1 is 1.07 bits per heavy atom. The number of piperidine rings is 1. The molecule has 3 N–H and O–H groups in total. The lowest BCUT2D eigenvalue weighted by atomic mass is 10.0. The minimum Gasteiger partial charge on any atom is -0.379 e. The predicted octanol–water partition coefficient (Wildman–Crippen LogP) is -0.132. The van der Waals surface area contributed by atoms with Crippen LogP contribution in [0, 0.1) is 0 Å². The second kappa shape index (κ2) is 7.06. The highest BCUT2D eigenvalue weighted by atomic mass is 16.2. The number of hydrogen-bond acceptors (Lipinski definition) is 7. The van der Waals surface area contributed by atoms with Crippen LogP contribution in [-0.4, -0.2) is 56.9 Å². The van der Waals surface area contributed by atoms with Gasteiger partial charge in [0.2, 0.25) is 11.8 Å². The molecule has 3 aliphatic heterocycles. The van der Waals surface area contributed by atoms with E-state index in [1.807, 2.05) is 10.7 Å². The fraction of sp³-hybridized carbons (Fsp3) is 0.350. The summed E-state index contributed by atoms with van der Waals surface area (Å²) in [5, 5.41) is 13.3. The lowest BCUT2D eigenvalue weighted by Crippen LogP contribution is -2.54. The van der Waals surface area contributed by atoms with Crippen molar-refractivity contribution in [3.8, 4) is 0 Å². The van der Waals surface area contributed by atoms with Crippen LogP contribution < -0.4 is 16.0 Å². The first-order chi connectivity index (χ1) is 14.5. The number of benzene rings is 1. The van der Waals surface area contributed by atoms with Crippen molar-refractivity contribution in [1.82, 2.24) is 25.3 Å². The van der Waals surface area contributed by atoms with E-state index in [-0.39, 0.29) is 30.0 Å². The van der Waals surface area contributed by atoms with Gasteiger partial charge in [0.15, 0.2) is 0 Å². The summed E-state index contributed by atoms with van der Waals surface area (Å²) in [5.74, 6) is -2.02. The molecule has 4 amide bonds. The molecule has 1 saturated heterocycles. The smallest absolute Gasteiger partial charge is 0.262 e. The van der Waals surface area contributed by atoms with E-state index in [0.29, 0.717) is 12.2 Å². The molecule has 0 bridgehead atoms. The number of rotatable bonds is 3. The molecule has 5 rings (SSSR count). The van der Waals surface area contributed by atoms with E-state index < -0.39 is 29.7 Å². The van der Waals surface area contributed by atoms with Gasteiger partial charge in [-0.05, 0) is 30.7 Å². The van der Waals surface area contributed by atoms with Gasteiger partial charge in [-0.1, -0.05) is 0 Å². The van der Waals surface area contributed by atoms with Crippen LogP contribution in [0.2, 0.25) is 0 Å². The molecular weight excluding hydrogens is 388 g/mol. The van der Waals surface area contributed by atoms with E-state index in [1.54, 1.807) is 24.4 Å². The van der Waals surface area contributed by atoms with Gasteiger partial charge in [0.05, 0.1) is 29.4 Å². The Balaban J connectivity index is 1.36. The average molecular weight is 408 g/mol. The third-order valence-electron chi connectivity index (χ3n) is 5.71. The first-order valence-electron chi connectivity index (χ1n) is 9.85. The Bertz CT molecular complexity index is 1080. The highest BCUT2D eigenvalue weighted by Gasteiger charge is 2.44. The van der Waals surface area contributed by atoms with Gasteiger partial charge in [-0.15, -0.1) is 0 Å². The first kappa shape index (κ1) is 18.5. The monoisotopic (exact) mass is 408 g/mol. The van der Waals surface area contributed by atoms with Crippen LogP contribution in [0.3, 0.4) is 0 Å². The minimum absolute atomic E-state index is 0.0441. The zero-order valence-electron chi connectivity index (χ0n) is 16.1. The van der Waals surface area contributed by atoms with Crippen LogP contribution >= 0.6 is 0 Å². The molecule has 0 radical (unpaired) electrons. The number of hydrogen-bond donors (Lipinski definition) is 3. The zero-order chi connectivity index (χ0) is 20.8. The third-order valence-corrected chi connectivity index (χ3v) is 5.71. The SMILES string of the molecule is O=C1CCC(N2C(=O)c3ccc(NC4CNCc5ccnn5C4)cc3C2=O)C(=O)N1. The topological polar surface area (TPSA) is 125 Å². The highest BCUT2D eigenvalue weighted by Crippen LogP contribution is 2.29. The van der Waals surface area contributed by atoms with Gasteiger partial charge in [-0.25, -0.2) is 0 Å². The van der Waals surface area contributed by atoms with E-state index in [2.05, 4.69) is 21.0 Å². The van der Waals surface area contributed by atoms with Crippen LogP contribution in [0.1, 0.15) is 39.3 Å². The van der Waals surface area contributed by atoms with Crippen LogP contribution in [0.25, 0.3) is 0 Å². The van der Waals surface area contributed by atoms with Gasteiger partial charge in [0, 0.05) is 31.4 Å². The summed E-state index contributed by atoms with van der Waals surface area (Å²) in [5.41, 5.74) is 2.34. The average Bonchev–Trinajstić information content (AvgIpc) is 3.18. The summed E-state index contributed by atoms with van der Waals surface area (Å²) in [6.07, 6.45) is 2.00. The minimum atomic E-state index is -0.962. The van der Waals surface area contributed by atoms with Crippen molar-refractivity contribution >= 4 is 29.3 Å². The number of imide groups is 2. The molecule has 0 spiro atoms. The maximum absolute atomic E-state index is 12.9. The summed E-state index contributed by atoms with van der Waals surface area (Å²) in [6, 6.07) is 6.06. The van der Waals surface area contributed by atoms with Crippen molar-refractivity contribution < 1.29 is 19.2 Å². The van der Waals surface area contributed by atoms with Crippen LogP contribution in [0.5, 0.6) is 0 Å². The second-order valence-corrected chi connectivity index (χ2v) is 7.68. The van der Waals surface area contributed by atoms with E-state index in [4.69, 9.17) is 0 Å². The lowest BCUT2D eigenvalue weighted by Gasteiger charge is -2.27. The Kier molecular flexibility index (Phi) is 4.35. The van der Waals surface area contributed by atoms with Gasteiger partial charge in [-0.3, -0.25) is 34.1 Å². The molecule has 1 aromatic heterocycles. The number of anilines is 1. The molecule has 30 heavy (non-hydrogen) atoms. The van der Waals surface area contributed by atoms with E-state index in [9.17, 15) is 19.2 Å². The first-order valence-corrected chi connectivity index (χ1v) is 9.85. The molecule has 1 fully saturated rings. The van der Waals surface area contributed by atoms with Crippen molar-refractivity contribution in [2.45, 2.75) is 38.0 Å². The molecule has 2 aromatic rings. The molecule has 154 valence electrons. The second-order valence-electron chi connectivity index (χ2n) is 7.68. The van der Waals surface area contributed by atoms with E-state index in [1.165, 1.54) is 0 Å². The zero-order valence-corrected chi connectivity index (χ0v) is 16.1. The standard InChI is InChI=1S/C20H20N6O4/c27-17-4-3-16(18(28)24-17)26-19(29)14-2-1-11(7-15(14)20(26)30)23-12-8-21-9-13-5-6-22-25(13)10-12/h1-2,5-7,12,16,21,23H,3-4,8-10H2,(H,24,27,28). The molecule has 2 atom stereocenters. The van der Waals surface area contributed by atoms with Gasteiger partial charge in [-0.2, -0.15) is 5.10 Å². The normalized spacial score (nSPS) is 23.7. The number of nitrogens with zero attached hydrogens (tertiary/aromatic N) is 3. The Hall–Kier alpha value is -3.53. The van der Waals surface area contributed by atoms with E-state index in [0.717, 1.165) is 23.7 Å². The molecule has 0 aliphatic carbocycles. The molecule has 4 heterocycles. The lowest BCUT2D eigenvalue weighted by molar-refractivity contribution is -0.136. The van der Waals surface area contributed by atoms with Gasteiger partial charge < -0.3 is 10.6 Å². The summed E-state index contributed by atoms with van der Waals surface area (Å²) in [6.45, 7) is 2.12. The fourth-order valence-corrected chi connectivity index (χ4v) is 4.22. The number of amides is 4. The Morgan fingerprint density at radius 2 is 1.90 bits per heavy atom. The van der Waals surface area contributed by atoms with E-state index >= 15 is 0 Å². The van der Waals surface area contributed by atoms with Crippen molar-refractivity contribution in [2.75, 3.05) is 11.9 Å². The molecule has 10 heteroatoms. The number of nitrogens with one attached hydrogen (secondary N) is 3. The number of aromatic nitrogens is 2. The van der Waals surface area contributed by atoms with Crippen molar-refractivity contribution in [3.63, 3.8) is 0 Å². The molecule has 10 nitrogen and oxygen atoms in total. The third kappa shape index (κ3) is 3.05. The predicted molar refractivity (Wildman–Crippen MR) is 104 cm³/mol. The molecule has 0 saturated carbocycles. The Labute approximate surface area is 171 Å². The van der Waals surface area contributed by atoms with Gasteiger partial charge in [0.1, 0.15) is 6.04 Å². The summed E-state index contributed by atoms with van der Waals surface area (Å²) in [7, 11) is 0. The molecule has 1 aromatic carbocycles. The highest BCUT2D eigenvalue weighted by molar-refractivity contribution is 6.23. The largest absolute Gasteiger partial charge is 0.379 e.